The molecule has 0 saturated carbocycles. The minimum Gasteiger partial charge on any atom is -0.493 e. The Labute approximate surface area is 151 Å². The van der Waals surface area contributed by atoms with E-state index in [0.29, 0.717) is 17.2 Å². The Kier molecular flexibility index (Phi) is 6.97. The average molecular weight is 362 g/mol. The molecule has 0 spiro atoms. The monoisotopic (exact) mass is 362 g/mol. The fourth-order valence-electron chi connectivity index (χ4n) is 2.29. The predicted octanol–water partition coefficient (Wildman–Crippen LogP) is 3.28. The van der Waals surface area contributed by atoms with Crippen LogP contribution in [0.5, 0.6) is 11.5 Å². The van der Waals surface area contributed by atoms with E-state index in [-0.39, 0.29) is 6.54 Å². The number of nitrogens with one attached hydrogen (secondary N) is 2. The molecule has 0 heterocycles. The zero-order chi connectivity index (χ0) is 18.2. The van der Waals surface area contributed by atoms with Gasteiger partial charge in [-0.2, -0.15) is 0 Å². The molecule has 25 heavy (non-hydrogen) atoms. The zero-order valence-corrected chi connectivity index (χ0v) is 15.2. The molecule has 2 aromatic carbocycles. The first-order valence-corrected chi connectivity index (χ1v) is 8.89. The third-order valence-corrected chi connectivity index (χ3v) is 4.35. The maximum Gasteiger partial charge on any atom is 0.319 e. The van der Waals surface area contributed by atoms with Gasteiger partial charge in [0.1, 0.15) is 0 Å². The molecule has 0 aliphatic rings. The first-order chi connectivity index (χ1) is 12.1. The van der Waals surface area contributed by atoms with Crippen molar-refractivity contribution in [1.82, 2.24) is 5.32 Å². The second kappa shape index (κ2) is 9.19. The van der Waals surface area contributed by atoms with Crippen LogP contribution in [-0.2, 0) is 0 Å². The van der Waals surface area contributed by atoms with Gasteiger partial charge in [0.2, 0.25) is 0 Å². The number of methoxy groups -OCH3 is 2. The highest BCUT2D eigenvalue weighted by Gasteiger charge is 2.13. The largest absolute Gasteiger partial charge is 0.493 e. The third kappa shape index (κ3) is 5.04. The van der Waals surface area contributed by atoms with E-state index >= 15 is 0 Å². The molecule has 0 aromatic heterocycles. The summed E-state index contributed by atoms with van der Waals surface area (Å²) in [6, 6.07) is 12.3. The molecule has 2 aromatic rings. The zero-order valence-electron chi connectivity index (χ0n) is 14.4. The Morgan fingerprint density at radius 1 is 1.16 bits per heavy atom. The Balaban J connectivity index is 1.94. The van der Waals surface area contributed by atoms with Crippen LogP contribution in [0.15, 0.2) is 47.4 Å². The summed E-state index contributed by atoms with van der Waals surface area (Å²) in [6.07, 6.45) is 1.21. The van der Waals surface area contributed by atoms with Gasteiger partial charge in [-0.05, 0) is 36.1 Å². The number of urea groups is 1. The van der Waals surface area contributed by atoms with E-state index in [9.17, 15) is 9.90 Å². The minimum absolute atomic E-state index is 0.0940. The fourth-order valence-corrected chi connectivity index (χ4v) is 2.69. The molecule has 0 fully saturated rings. The molecule has 0 radical (unpaired) electrons. The lowest BCUT2D eigenvalue weighted by atomic mass is 10.1. The number of carbonyl (C=O) groups is 1. The molecule has 3 N–H and O–H groups in total. The normalized spacial score (nSPS) is 11.5. The SMILES string of the molecule is COc1cccc(NC(=O)NCC(O)c2ccc(SC)cc2)c1OC. The number of aliphatic hydroxyl groups excluding tert-OH is 1. The van der Waals surface area contributed by atoms with Crippen molar-refractivity contribution in [3.63, 3.8) is 0 Å². The van der Waals surface area contributed by atoms with E-state index in [1.165, 1.54) is 14.2 Å². The van der Waals surface area contributed by atoms with Crippen molar-refractivity contribution in [3.05, 3.63) is 48.0 Å². The number of aliphatic hydroxyl groups is 1. The highest BCUT2D eigenvalue weighted by atomic mass is 32.2. The van der Waals surface area contributed by atoms with Crippen molar-refractivity contribution in [2.24, 2.45) is 0 Å². The average Bonchev–Trinajstić information content (AvgIpc) is 2.65. The minimum atomic E-state index is -0.783. The molecule has 0 bridgehead atoms. The van der Waals surface area contributed by atoms with Crippen LogP contribution < -0.4 is 20.1 Å². The molecule has 0 aliphatic heterocycles. The van der Waals surface area contributed by atoms with Gasteiger partial charge in [0.25, 0.3) is 0 Å². The summed E-state index contributed by atoms with van der Waals surface area (Å²) in [7, 11) is 3.03. The van der Waals surface area contributed by atoms with Gasteiger partial charge in [-0.1, -0.05) is 18.2 Å². The van der Waals surface area contributed by atoms with E-state index in [1.54, 1.807) is 30.0 Å². The van der Waals surface area contributed by atoms with Crippen LogP contribution in [0.25, 0.3) is 0 Å². The molecule has 2 rings (SSSR count). The van der Waals surface area contributed by atoms with Crippen LogP contribution in [0.1, 0.15) is 11.7 Å². The van der Waals surface area contributed by atoms with Gasteiger partial charge in [0, 0.05) is 11.4 Å². The smallest absolute Gasteiger partial charge is 0.319 e. The summed E-state index contributed by atoms with van der Waals surface area (Å²) >= 11 is 1.63. The van der Waals surface area contributed by atoms with Crippen molar-refractivity contribution in [2.45, 2.75) is 11.0 Å². The van der Waals surface area contributed by atoms with Gasteiger partial charge >= 0.3 is 6.03 Å². The fraction of sp³-hybridized carbons (Fsp3) is 0.278. The molecule has 6 nitrogen and oxygen atoms in total. The van der Waals surface area contributed by atoms with Crippen molar-refractivity contribution in [2.75, 3.05) is 32.3 Å². The number of ether oxygens (including phenoxy) is 2. The van der Waals surface area contributed by atoms with E-state index in [1.807, 2.05) is 30.5 Å². The Hall–Kier alpha value is -2.38. The molecule has 7 heteroatoms. The van der Waals surface area contributed by atoms with Gasteiger partial charge in [0.15, 0.2) is 11.5 Å². The lowest BCUT2D eigenvalue weighted by Crippen LogP contribution is -2.32. The number of thioether (sulfide) groups is 1. The third-order valence-electron chi connectivity index (χ3n) is 3.61. The second-order valence-corrected chi connectivity index (χ2v) is 6.04. The van der Waals surface area contributed by atoms with E-state index in [0.717, 1.165) is 10.5 Å². The van der Waals surface area contributed by atoms with E-state index in [4.69, 9.17) is 9.47 Å². The van der Waals surface area contributed by atoms with E-state index in [2.05, 4.69) is 10.6 Å². The molecule has 0 aliphatic carbocycles. The summed E-state index contributed by atoms with van der Waals surface area (Å²) in [5.74, 6) is 0.961. The van der Waals surface area contributed by atoms with Crippen molar-refractivity contribution >= 4 is 23.5 Å². The van der Waals surface area contributed by atoms with Crippen LogP contribution >= 0.6 is 11.8 Å². The molecular weight excluding hydrogens is 340 g/mol. The van der Waals surface area contributed by atoms with Crippen LogP contribution in [0.2, 0.25) is 0 Å². The number of carbonyl (C=O) groups excluding carboxylic acids is 1. The summed E-state index contributed by atoms with van der Waals surface area (Å²) in [4.78, 5) is 13.2. The van der Waals surface area contributed by atoms with Gasteiger partial charge in [-0.3, -0.25) is 0 Å². The quantitative estimate of drug-likeness (QED) is 0.659. The second-order valence-electron chi connectivity index (χ2n) is 5.17. The maximum absolute atomic E-state index is 12.1. The number of hydrogen-bond donors (Lipinski definition) is 3. The molecule has 134 valence electrons. The number of para-hydroxylation sites is 1. The standard InChI is InChI=1S/C18H22N2O4S/c1-23-16-6-4-5-14(17(16)24-2)20-18(22)19-11-15(21)12-7-9-13(25-3)10-8-12/h4-10,15,21H,11H2,1-3H3,(H2,19,20,22). The van der Waals surface area contributed by atoms with Crippen molar-refractivity contribution < 1.29 is 19.4 Å². The number of hydrogen-bond acceptors (Lipinski definition) is 5. The van der Waals surface area contributed by atoms with Gasteiger partial charge in [-0.15, -0.1) is 11.8 Å². The van der Waals surface area contributed by atoms with E-state index < -0.39 is 12.1 Å². The van der Waals surface area contributed by atoms with Crippen molar-refractivity contribution in [3.8, 4) is 11.5 Å². The summed E-state index contributed by atoms with van der Waals surface area (Å²) in [6.45, 7) is 0.0940. The lowest BCUT2D eigenvalue weighted by Gasteiger charge is -2.15. The van der Waals surface area contributed by atoms with Crippen LogP contribution in [0.3, 0.4) is 0 Å². The Morgan fingerprint density at radius 2 is 1.88 bits per heavy atom. The number of rotatable bonds is 7. The van der Waals surface area contributed by atoms with Crippen LogP contribution in [-0.4, -0.2) is 38.2 Å². The first kappa shape index (κ1) is 19.0. The van der Waals surface area contributed by atoms with Crippen LogP contribution in [0, 0.1) is 0 Å². The molecule has 0 saturated heterocycles. The van der Waals surface area contributed by atoms with Crippen molar-refractivity contribution in [1.29, 1.82) is 0 Å². The van der Waals surface area contributed by atoms with Gasteiger partial charge in [-0.25, -0.2) is 4.79 Å². The topological polar surface area (TPSA) is 79.8 Å². The molecule has 1 atom stereocenters. The molecule has 2 amide bonds. The lowest BCUT2D eigenvalue weighted by molar-refractivity contribution is 0.175. The first-order valence-electron chi connectivity index (χ1n) is 7.67. The summed E-state index contributed by atoms with van der Waals surface area (Å²) < 4.78 is 10.5. The molecular formula is C18H22N2O4S. The predicted molar refractivity (Wildman–Crippen MR) is 99.8 cm³/mol. The number of benzene rings is 2. The number of anilines is 1. The maximum atomic E-state index is 12.1. The highest BCUT2D eigenvalue weighted by molar-refractivity contribution is 7.98. The highest BCUT2D eigenvalue weighted by Crippen LogP contribution is 2.34. The number of amides is 2. The summed E-state index contributed by atoms with van der Waals surface area (Å²) in [5.41, 5.74) is 1.23. The van der Waals surface area contributed by atoms with Gasteiger partial charge in [0.05, 0.1) is 26.0 Å². The Morgan fingerprint density at radius 3 is 2.48 bits per heavy atom. The van der Waals surface area contributed by atoms with Gasteiger partial charge < -0.3 is 25.2 Å². The molecule has 1 unspecified atom stereocenters. The van der Waals surface area contributed by atoms with Crippen LogP contribution in [0.4, 0.5) is 10.5 Å². The summed E-state index contributed by atoms with van der Waals surface area (Å²) in [5, 5.41) is 15.5. The Bertz CT molecular complexity index is 707.